The molecular formula is C21H21O6P. The Balaban J connectivity index is 2.33. The number of rotatable bonds is 6. The van der Waals surface area contributed by atoms with Crippen molar-refractivity contribution in [1.82, 2.24) is 0 Å². The summed E-state index contributed by atoms with van der Waals surface area (Å²) in [5.74, 6) is 1.48. The molecule has 6 nitrogen and oxygen atoms in total. The van der Waals surface area contributed by atoms with Crippen LogP contribution < -0.4 is 19.5 Å². The van der Waals surface area contributed by atoms with Crippen molar-refractivity contribution in [1.29, 1.82) is 0 Å². The molecule has 0 aliphatic carbocycles. The average Bonchev–Trinajstić information content (AvgIpc) is 2.72. The van der Waals surface area contributed by atoms with Crippen LogP contribution in [-0.2, 0) is 4.57 Å². The van der Waals surface area contributed by atoms with Gasteiger partial charge in [-0.05, 0) is 47.0 Å². The lowest BCUT2D eigenvalue weighted by molar-refractivity contribution is 0.381. The summed E-state index contributed by atoms with van der Waals surface area (Å²) in [6.07, 6.45) is 0. The lowest BCUT2D eigenvalue weighted by atomic mass is 9.94. The summed E-state index contributed by atoms with van der Waals surface area (Å²) in [7, 11) is -0.109. The van der Waals surface area contributed by atoms with Crippen LogP contribution in [0, 0.1) is 0 Å². The molecule has 0 aliphatic heterocycles. The number of methoxy groups -OCH3 is 3. The highest BCUT2D eigenvalue weighted by molar-refractivity contribution is 7.60. The highest BCUT2D eigenvalue weighted by atomic mass is 31.2. The number of hydrogen-bond donors (Lipinski definition) is 2. The second-order valence-electron chi connectivity index (χ2n) is 6.04. The second kappa shape index (κ2) is 8.07. The Kier molecular flexibility index (Phi) is 5.75. The number of benzene rings is 3. The first-order chi connectivity index (χ1) is 13.4. The highest BCUT2D eigenvalue weighted by Crippen LogP contribution is 2.46. The van der Waals surface area contributed by atoms with Crippen molar-refractivity contribution in [2.24, 2.45) is 0 Å². The van der Waals surface area contributed by atoms with E-state index in [9.17, 15) is 14.4 Å². The van der Waals surface area contributed by atoms with Crippen LogP contribution in [0.5, 0.6) is 17.2 Å². The second-order valence-corrected chi connectivity index (χ2v) is 7.58. The Morgan fingerprint density at radius 3 is 1.61 bits per heavy atom. The van der Waals surface area contributed by atoms with Gasteiger partial charge in [-0.2, -0.15) is 0 Å². The standard InChI is InChI=1S/C21H21O6P/c1-25-16-8-4-14(5-9-16)18-12-13-19(27-3)21(28(22,23)24)20(18)15-6-10-17(26-2)11-7-15/h4-13H,1-3H3,(H2,22,23,24). The first-order valence-corrected chi connectivity index (χ1v) is 10.1. The minimum Gasteiger partial charge on any atom is -0.497 e. The monoisotopic (exact) mass is 400 g/mol. The van der Waals surface area contributed by atoms with E-state index >= 15 is 0 Å². The topological polar surface area (TPSA) is 85.2 Å². The van der Waals surface area contributed by atoms with E-state index in [0.29, 0.717) is 28.2 Å². The van der Waals surface area contributed by atoms with Crippen LogP contribution in [-0.4, -0.2) is 31.1 Å². The predicted octanol–water partition coefficient (Wildman–Crippen LogP) is 3.85. The van der Waals surface area contributed by atoms with Crippen molar-refractivity contribution in [3.8, 4) is 39.5 Å². The molecule has 0 heterocycles. The fourth-order valence-corrected chi connectivity index (χ4v) is 4.08. The molecule has 0 radical (unpaired) electrons. The van der Waals surface area contributed by atoms with Gasteiger partial charge in [-0.3, -0.25) is 4.57 Å². The molecule has 3 aromatic rings. The summed E-state index contributed by atoms with van der Waals surface area (Å²) in [6.45, 7) is 0. The Bertz CT molecular complexity index is 1010. The fraction of sp³-hybridized carbons (Fsp3) is 0.143. The highest BCUT2D eigenvalue weighted by Gasteiger charge is 2.29. The predicted molar refractivity (Wildman–Crippen MR) is 109 cm³/mol. The van der Waals surface area contributed by atoms with Crippen LogP contribution in [0.4, 0.5) is 0 Å². The molecule has 0 amide bonds. The zero-order chi connectivity index (χ0) is 20.3. The Hall–Kier alpha value is -2.79. The quantitative estimate of drug-likeness (QED) is 0.612. The van der Waals surface area contributed by atoms with Crippen LogP contribution in [0.2, 0.25) is 0 Å². The molecular weight excluding hydrogens is 379 g/mol. The van der Waals surface area contributed by atoms with E-state index in [1.807, 2.05) is 12.1 Å². The maximum atomic E-state index is 12.4. The number of hydrogen-bond acceptors (Lipinski definition) is 4. The number of ether oxygens (including phenoxy) is 3. The maximum absolute atomic E-state index is 12.4. The third-order valence-electron chi connectivity index (χ3n) is 4.43. The molecule has 0 aliphatic rings. The van der Waals surface area contributed by atoms with Gasteiger partial charge in [-0.25, -0.2) is 0 Å². The van der Waals surface area contributed by atoms with Gasteiger partial charge in [0.05, 0.1) is 21.3 Å². The Morgan fingerprint density at radius 1 is 0.679 bits per heavy atom. The van der Waals surface area contributed by atoms with Gasteiger partial charge >= 0.3 is 7.60 Å². The van der Waals surface area contributed by atoms with E-state index in [1.54, 1.807) is 62.8 Å². The van der Waals surface area contributed by atoms with E-state index in [-0.39, 0.29) is 11.1 Å². The van der Waals surface area contributed by atoms with Crippen molar-refractivity contribution in [3.05, 3.63) is 60.7 Å². The van der Waals surface area contributed by atoms with Crippen molar-refractivity contribution < 1.29 is 28.6 Å². The molecule has 0 unspecified atom stereocenters. The molecule has 3 rings (SSSR count). The minimum absolute atomic E-state index is 0.136. The van der Waals surface area contributed by atoms with Gasteiger partial charge in [0, 0.05) is 5.56 Å². The van der Waals surface area contributed by atoms with Gasteiger partial charge in [-0.15, -0.1) is 0 Å². The molecule has 0 saturated carbocycles. The van der Waals surface area contributed by atoms with Gasteiger partial charge in [0.2, 0.25) is 0 Å². The molecule has 0 spiro atoms. The zero-order valence-electron chi connectivity index (χ0n) is 15.7. The molecule has 0 aromatic heterocycles. The minimum atomic E-state index is -4.64. The van der Waals surface area contributed by atoms with E-state index in [0.717, 1.165) is 5.56 Å². The SMILES string of the molecule is COc1ccc(-c2ccc(OC)c(P(=O)(O)O)c2-c2ccc(OC)cc2)cc1. The molecule has 7 heteroatoms. The lowest BCUT2D eigenvalue weighted by Crippen LogP contribution is -2.13. The van der Waals surface area contributed by atoms with E-state index in [4.69, 9.17) is 14.2 Å². The van der Waals surface area contributed by atoms with E-state index in [1.165, 1.54) is 7.11 Å². The van der Waals surface area contributed by atoms with Crippen molar-refractivity contribution in [2.75, 3.05) is 21.3 Å². The normalized spacial score (nSPS) is 11.2. The van der Waals surface area contributed by atoms with Crippen molar-refractivity contribution in [2.45, 2.75) is 0 Å². The average molecular weight is 400 g/mol. The molecule has 2 N–H and O–H groups in total. The van der Waals surface area contributed by atoms with Crippen molar-refractivity contribution >= 4 is 12.9 Å². The molecule has 0 saturated heterocycles. The zero-order valence-corrected chi connectivity index (χ0v) is 16.6. The third-order valence-corrected chi connectivity index (χ3v) is 5.46. The van der Waals surface area contributed by atoms with Crippen LogP contribution in [0.1, 0.15) is 0 Å². The summed E-state index contributed by atoms with van der Waals surface area (Å²) >= 11 is 0. The molecule has 0 bridgehead atoms. The molecule has 146 valence electrons. The molecule has 28 heavy (non-hydrogen) atoms. The Labute approximate surface area is 163 Å². The first-order valence-electron chi connectivity index (χ1n) is 8.45. The van der Waals surface area contributed by atoms with Crippen LogP contribution in [0.15, 0.2) is 60.7 Å². The maximum Gasteiger partial charge on any atom is 0.360 e. The summed E-state index contributed by atoms with van der Waals surface area (Å²) in [6, 6.07) is 17.7. The van der Waals surface area contributed by atoms with E-state index < -0.39 is 7.60 Å². The first kappa shape index (κ1) is 20.0. The smallest absolute Gasteiger partial charge is 0.360 e. The Morgan fingerprint density at radius 2 is 1.18 bits per heavy atom. The van der Waals surface area contributed by atoms with E-state index in [2.05, 4.69) is 0 Å². The fourth-order valence-electron chi connectivity index (χ4n) is 3.09. The van der Waals surface area contributed by atoms with Gasteiger partial charge in [0.1, 0.15) is 22.6 Å². The largest absolute Gasteiger partial charge is 0.497 e. The van der Waals surface area contributed by atoms with Crippen LogP contribution >= 0.6 is 7.60 Å². The van der Waals surface area contributed by atoms with Crippen molar-refractivity contribution in [3.63, 3.8) is 0 Å². The third kappa shape index (κ3) is 3.90. The summed E-state index contributed by atoms with van der Waals surface area (Å²) in [5.41, 5.74) is 2.53. The lowest BCUT2D eigenvalue weighted by Gasteiger charge is -2.19. The summed E-state index contributed by atoms with van der Waals surface area (Å²) in [4.78, 5) is 20.2. The van der Waals surface area contributed by atoms with Crippen LogP contribution in [0.3, 0.4) is 0 Å². The van der Waals surface area contributed by atoms with Gasteiger partial charge in [0.15, 0.2) is 0 Å². The van der Waals surface area contributed by atoms with Crippen LogP contribution in [0.25, 0.3) is 22.3 Å². The van der Waals surface area contributed by atoms with Gasteiger partial charge in [-0.1, -0.05) is 30.3 Å². The molecule has 0 atom stereocenters. The van der Waals surface area contributed by atoms with Gasteiger partial charge < -0.3 is 24.0 Å². The van der Waals surface area contributed by atoms with Gasteiger partial charge in [0.25, 0.3) is 0 Å². The molecule has 0 fully saturated rings. The molecule has 3 aromatic carbocycles. The summed E-state index contributed by atoms with van der Waals surface area (Å²) in [5, 5.41) is -0.145. The summed E-state index contributed by atoms with van der Waals surface area (Å²) < 4.78 is 28.1.